The number of hydrogen-bond acceptors (Lipinski definition) is 3. The Bertz CT molecular complexity index is 486. The number of aromatic amines is 1. The molecule has 0 bridgehead atoms. The second kappa shape index (κ2) is 5.19. The summed E-state index contributed by atoms with van der Waals surface area (Å²) in [5.74, 6) is 0.672. The molecule has 4 nitrogen and oxygen atoms in total. The molecule has 5 heteroatoms. The average molecular weight is 235 g/mol. The van der Waals surface area contributed by atoms with Crippen LogP contribution in [-0.4, -0.2) is 9.97 Å². The van der Waals surface area contributed by atoms with Crippen LogP contribution in [0.25, 0.3) is 0 Å². The normalized spacial score (nSPS) is 11.2. The highest BCUT2D eigenvalue weighted by Gasteiger charge is 2.15. The van der Waals surface area contributed by atoms with E-state index >= 15 is 0 Å². The summed E-state index contributed by atoms with van der Waals surface area (Å²) >= 11 is 0. The number of nitrogens with one attached hydrogen (secondary N) is 1. The third-order valence-electron chi connectivity index (χ3n) is 2.15. The summed E-state index contributed by atoms with van der Waals surface area (Å²) in [7, 11) is 0. The van der Waals surface area contributed by atoms with Crippen molar-refractivity contribution in [2.75, 3.05) is 5.73 Å². The minimum Gasteiger partial charge on any atom is -0.384 e. The fraction of sp³-hybridized carbons (Fsp3) is 0.0909. The molecule has 2 aromatic rings. The zero-order valence-corrected chi connectivity index (χ0v) is 9.24. The van der Waals surface area contributed by atoms with Crippen LogP contribution in [0.1, 0.15) is 17.3 Å². The van der Waals surface area contributed by atoms with Crippen molar-refractivity contribution in [1.29, 1.82) is 5.26 Å². The number of rotatable bonds is 2. The van der Waals surface area contributed by atoms with Crippen molar-refractivity contribution in [2.24, 2.45) is 0 Å². The number of benzene rings is 1. The van der Waals surface area contributed by atoms with Gasteiger partial charge in [-0.1, -0.05) is 30.3 Å². The van der Waals surface area contributed by atoms with Crippen molar-refractivity contribution < 1.29 is 0 Å². The molecule has 0 saturated carbocycles. The molecule has 0 aliphatic heterocycles. The van der Waals surface area contributed by atoms with Crippen molar-refractivity contribution in [2.45, 2.75) is 5.92 Å². The lowest BCUT2D eigenvalue weighted by Crippen LogP contribution is -2.00. The fourth-order valence-electron chi connectivity index (χ4n) is 1.44. The number of nitrogens with zero attached hydrogens (tertiary/aromatic N) is 2. The third kappa shape index (κ3) is 2.33. The quantitative estimate of drug-likeness (QED) is 0.835. The Morgan fingerprint density at radius 1 is 1.31 bits per heavy atom. The second-order valence-electron chi connectivity index (χ2n) is 3.20. The molecule has 0 amide bonds. The molecule has 1 heterocycles. The van der Waals surface area contributed by atoms with E-state index < -0.39 is 0 Å². The maximum absolute atomic E-state index is 9.09. The van der Waals surface area contributed by atoms with Crippen molar-refractivity contribution >= 4 is 18.2 Å². The molecule has 1 atom stereocenters. The zero-order valence-electron chi connectivity index (χ0n) is 8.42. The highest BCUT2D eigenvalue weighted by atomic mass is 35.5. The molecule has 0 spiro atoms. The van der Waals surface area contributed by atoms with Crippen LogP contribution in [0.15, 0.2) is 36.5 Å². The molecule has 2 rings (SSSR count). The zero-order chi connectivity index (χ0) is 10.7. The van der Waals surface area contributed by atoms with Gasteiger partial charge in [0, 0.05) is 0 Å². The number of halogens is 1. The summed E-state index contributed by atoms with van der Waals surface area (Å²) < 4.78 is 0. The van der Waals surface area contributed by atoms with E-state index in [0.717, 1.165) is 5.56 Å². The summed E-state index contributed by atoms with van der Waals surface area (Å²) in [5, 5.41) is 9.09. The van der Waals surface area contributed by atoms with E-state index in [1.165, 1.54) is 6.20 Å². The van der Waals surface area contributed by atoms with Crippen LogP contribution in [0.5, 0.6) is 0 Å². The predicted molar refractivity (Wildman–Crippen MR) is 64.1 cm³/mol. The van der Waals surface area contributed by atoms with Crippen LogP contribution >= 0.6 is 12.4 Å². The smallest absolute Gasteiger partial charge is 0.129 e. The predicted octanol–water partition coefficient (Wildman–Crippen LogP) is 2.07. The molecule has 0 radical (unpaired) electrons. The summed E-state index contributed by atoms with van der Waals surface area (Å²) in [6.07, 6.45) is 1.52. The van der Waals surface area contributed by atoms with Gasteiger partial charge in [0.05, 0.1) is 12.3 Å². The van der Waals surface area contributed by atoms with E-state index in [1.54, 1.807) is 0 Å². The van der Waals surface area contributed by atoms with Crippen LogP contribution in [0.2, 0.25) is 0 Å². The SMILES string of the molecule is Cl.N#CC(c1ccccc1)c1ncc(N)[nH]1. The minimum atomic E-state index is -0.386. The van der Waals surface area contributed by atoms with E-state index in [0.29, 0.717) is 11.6 Å². The van der Waals surface area contributed by atoms with Crippen molar-refractivity contribution in [3.05, 3.63) is 47.9 Å². The molecule has 0 saturated heterocycles. The maximum Gasteiger partial charge on any atom is 0.129 e. The molecule has 0 aliphatic rings. The molecule has 0 aliphatic carbocycles. The summed E-state index contributed by atoms with van der Waals surface area (Å²) in [6.45, 7) is 0. The van der Waals surface area contributed by atoms with Gasteiger partial charge < -0.3 is 10.7 Å². The number of H-pyrrole nitrogens is 1. The first-order chi connectivity index (χ1) is 7.31. The van der Waals surface area contributed by atoms with Gasteiger partial charge in [-0.15, -0.1) is 12.4 Å². The van der Waals surface area contributed by atoms with Gasteiger partial charge in [-0.25, -0.2) is 4.98 Å². The Labute approximate surface area is 99.5 Å². The first-order valence-corrected chi connectivity index (χ1v) is 4.56. The van der Waals surface area contributed by atoms with Gasteiger partial charge in [0.25, 0.3) is 0 Å². The van der Waals surface area contributed by atoms with Crippen LogP contribution in [0.4, 0.5) is 5.82 Å². The van der Waals surface area contributed by atoms with E-state index in [-0.39, 0.29) is 18.3 Å². The van der Waals surface area contributed by atoms with Gasteiger partial charge >= 0.3 is 0 Å². The monoisotopic (exact) mass is 234 g/mol. The van der Waals surface area contributed by atoms with Crippen LogP contribution in [0.3, 0.4) is 0 Å². The standard InChI is InChI=1S/C11H10N4.ClH/c12-6-9(8-4-2-1-3-5-8)11-14-7-10(13)15-11;/h1-5,7,9H,13H2,(H,14,15);1H. The Kier molecular flexibility index (Phi) is 3.92. The van der Waals surface area contributed by atoms with Crippen molar-refractivity contribution in [3.8, 4) is 6.07 Å². The molecule has 1 aromatic heterocycles. The molecule has 82 valence electrons. The first kappa shape index (κ1) is 12.1. The van der Waals surface area contributed by atoms with Gasteiger partial charge in [-0.05, 0) is 5.56 Å². The Morgan fingerprint density at radius 2 is 2.00 bits per heavy atom. The van der Waals surface area contributed by atoms with Crippen LogP contribution in [0, 0.1) is 11.3 Å². The van der Waals surface area contributed by atoms with E-state index in [2.05, 4.69) is 16.0 Å². The molecule has 3 N–H and O–H groups in total. The molecule has 16 heavy (non-hydrogen) atoms. The molecular weight excluding hydrogens is 224 g/mol. The van der Waals surface area contributed by atoms with Crippen LogP contribution in [-0.2, 0) is 0 Å². The highest BCUT2D eigenvalue weighted by Crippen LogP contribution is 2.21. The van der Waals surface area contributed by atoms with E-state index in [1.807, 2.05) is 30.3 Å². The number of nitrogen functional groups attached to an aromatic ring is 1. The van der Waals surface area contributed by atoms with Gasteiger partial charge in [-0.3, -0.25) is 0 Å². The Balaban J connectivity index is 0.00000128. The summed E-state index contributed by atoms with van der Waals surface area (Å²) in [4.78, 5) is 6.93. The number of anilines is 1. The number of aromatic nitrogens is 2. The Hall–Kier alpha value is -1.99. The number of nitriles is 1. The average Bonchev–Trinajstić information content (AvgIpc) is 2.68. The Morgan fingerprint density at radius 3 is 2.50 bits per heavy atom. The summed E-state index contributed by atoms with van der Waals surface area (Å²) in [6, 6.07) is 11.7. The number of hydrogen-bond donors (Lipinski definition) is 2. The van der Waals surface area contributed by atoms with Crippen molar-refractivity contribution in [1.82, 2.24) is 9.97 Å². The molecule has 1 unspecified atom stereocenters. The molecule has 0 fully saturated rings. The van der Waals surface area contributed by atoms with Gasteiger partial charge in [-0.2, -0.15) is 5.26 Å². The van der Waals surface area contributed by atoms with E-state index in [9.17, 15) is 0 Å². The van der Waals surface area contributed by atoms with Gasteiger partial charge in [0.1, 0.15) is 17.6 Å². The first-order valence-electron chi connectivity index (χ1n) is 4.56. The van der Waals surface area contributed by atoms with Gasteiger partial charge in [0.2, 0.25) is 0 Å². The fourth-order valence-corrected chi connectivity index (χ4v) is 1.44. The maximum atomic E-state index is 9.09. The van der Waals surface area contributed by atoms with Gasteiger partial charge in [0.15, 0.2) is 0 Å². The minimum absolute atomic E-state index is 0. The largest absolute Gasteiger partial charge is 0.384 e. The topological polar surface area (TPSA) is 78.5 Å². The number of nitrogens with two attached hydrogens (primary N) is 1. The van der Waals surface area contributed by atoms with E-state index in [4.69, 9.17) is 11.0 Å². The lowest BCUT2D eigenvalue weighted by atomic mass is 10.0. The van der Waals surface area contributed by atoms with Crippen molar-refractivity contribution in [3.63, 3.8) is 0 Å². The lowest BCUT2D eigenvalue weighted by molar-refractivity contribution is 0.928. The third-order valence-corrected chi connectivity index (χ3v) is 2.15. The lowest BCUT2D eigenvalue weighted by Gasteiger charge is -2.05. The van der Waals surface area contributed by atoms with Crippen LogP contribution < -0.4 is 5.73 Å². The highest BCUT2D eigenvalue weighted by molar-refractivity contribution is 5.85. The molecular formula is C11H11ClN4. The molecule has 1 aromatic carbocycles. The second-order valence-corrected chi connectivity index (χ2v) is 3.20. The summed E-state index contributed by atoms with van der Waals surface area (Å²) in [5.41, 5.74) is 6.43. The number of imidazole rings is 1.